The average Bonchev–Trinajstić information content (AvgIpc) is 2.56. The van der Waals surface area contributed by atoms with Crippen LogP contribution in [0.2, 0.25) is 0 Å². The van der Waals surface area contributed by atoms with Gasteiger partial charge in [0.05, 0.1) is 6.54 Å². The van der Waals surface area contributed by atoms with E-state index in [1.807, 2.05) is 0 Å². The Morgan fingerprint density at radius 1 is 1.08 bits per heavy atom. The first-order valence-electron chi connectivity index (χ1n) is 7.56. The fraction of sp³-hybridized carbons (Fsp3) is 0.235. The average molecular weight is 371 g/mol. The Bertz CT molecular complexity index is 731. The summed E-state index contributed by atoms with van der Waals surface area (Å²) in [5.74, 6) is -0.118. The molecule has 0 bridgehead atoms. The van der Waals surface area contributed by atoms with E-state index in [2.05, 4.69) is 15.0 Å². The molecular weight excluding hydrogens is 354 g/mol. The number of hydrogen-bond acceptors (Lipinski definition) is 3. The van der Waals surface area contributed by atoms with Gasteiger partial charge in [0, 0.05) is 5.69 Å². The maximum atomic E-state index is 12.8. The van der Waals surface area contributed by atoms with Gasteiger partial charge < -0.3 is 20.5 Å². The predicted molar refractivity (Wildman–Crippen MR) is 89.7 cm³/mol. The highest BCUT2D eigenvalue weighted by atomic mass is 19.4. The topological polar surface area (TPSA) is 68.9 Å². The Labute approximate surface area is 147 Å². The van der Waals surface area contributed by atoms with Gasteiger partial charge in [0.25, 0.3) is 0 Å². The quantitative estimate of drug-likeness (QED) is 0.459. The van der Waals surface area contributed by atoms with Crippen molar-refractivity contribution in [3.63, 3.8) is 0 Å². The summed E-state index contributed by atoms with van der Waals surface area (Å²) in [6, 6.07) is 10.6. The summed E-state index contributed by atoms with van der Waals surface area (Å²) < 4.78 is 58.4. The van der Waals surface area contributed by atoms with Crippen molar-refractivity contribution in [3.05, 3.63) is 54.3 Å². The second-order valence-corrected chi connectivity index (χ2v) is 5.31. The van der Waals surface area contributed by atoms with Gasteiger partial charge in [-0.3, -0.25) is 0 Å². The number of rotatable bonds is 6. The summed E-state index contributed by atoms with van der Waals surface area (Å²) >= 11 is 0. The van der Waals surface area contributed by atoms with Crippen LogP contribution >= 0.6 is 0 Å². The molecule has 5 nitrogen and oxygen atoms in total. The van der Waals surface area contributed by atoms with E-state index in [0.717, 1.165) is 12.1 Å². The zero-order valence-corrected chi connectivity index (χ0v) is 13.8. The van der Waals surface area contributed by atoms with Crippen molar-refractivity contribution in [2.45, 2.75) is 19.4 Å². The second-order valence-electron chi connectivity index (χ2n) is 5.31. The molecule has 2 aromatic rings. The lowest BCUT2D eigenvalue weighted by Gasteiger charge is -2.13. The van der Waals surface area contributed by atoms with Crippen LogP contribution in [-0.2, 0) is 0 Å². The highest BCUT2D eigenvalue weighted by molar-refractivity contribution is 5.92. The van der Waals surface area contributed by atoms with Crippen LogP contribution in [-0.4, -0.2) is 25.0 Å². The van der Waals surface area contributed by atoms with E-state index in [1.165, 1.54) is 36.4 Å². The molecule has 0 saturated carbocycles. The summed E-state index contributed by atoms with van der Waals surface area (Å²) in [4.78, 5) is 4.09. The number of ether oxygens (including phenoxy) is 2. The highest BCUT2D eigenvalue weighted by Gasteiger charge is 2.30. The van der Waals surface area contributed by atoms with Gasteiger partial charge in [0.1, 0.15) is 23.4 Å². The van der Waals surface area contributed by atoms with Crippen LogP contribution in [0.25, 0.3) is 0 Å². The molecule has 26 heavy (non-hydrogen) atoms. The molecular formula is C17H17F4N3O2. The Kier molecular flexibility index (Phi) is 6.26. The SMILES string of the molecule is CC(CN=C(N)Nc1ccc(OC(F)(F)F)cc1)Oc1ccc(F)cc1. The maximum Gasteiger partial charge on any atom is 0.573 e. The van der Waals surface area contributed by atoms with E-state index in [1.54, 1.807) is 6.92 Å². The highest BCUT2D eigenvalue weighted by Crippen LogP contribution is 2.23. The zero-order valence-electron chi connectivity index (χ0n) is 13.8. The zero-order chi connectivity index (χ0) is 19.2. The number of benzene rings is 2. The molecule has 1 atom stereocenters. The van der Waals surface area contributed by atoms with Crippen molar-refractivity contribution in [3.8, 4) is 11.5 Å². The smallest absolute Gasteiger partial charge is 0.489 e. The van der Waals surface area contributed by atoms with E-state index < -0.39 is 6.36 Å². The third-order valence-electron chi connectivity index (χ3n) is 3.03. The molecule has 0 aromatic heterocycles. The number of aliphatic imine (C=N–C) groups is 1. The minimum absolute atomic E-state index is 0.0732. The number of guanidine groups is 1. The second kappa shape index (κ2) is 8.41. The monoisotopic (exact) mass is 371 g/mol. The lowest BCUT2D eigenvalue weighted by Crippen LogP contribution is -2.25. The van der Waals surface area contributed by atoms with Crippen LogP contribution in [0, 0.1) is 5.82 Å². The third-order valence-corrected chi connectivity index (χ3v) is 3.03. The molecule has 0 fully saturated rings. The van der Waals surface area contributed by atoms with Crippen LogP contribution in [0.4, 0.5) is 23.2 Å². The van der Waals surface area contributed by atoms with Crippen LogP contribution in [0.15, 0.2) is 53.5 Å². The van der Waals surface area contributed by atoms with Crippen LogP contribution in [0.3, 0.4) is 0 Å². The summed E-state index contributed by atoms with van der Waals surface area (Å²) in [7, 11) is 0. The molecule has 0 amide bonds. The van der Waals surface area contributed by atoms with E-state index in [4.69, 9.17) is 10.5 Å². The Morgan fingerprint density at radius 2 is 1.65 bits per heavy atom. The van der Waals surface area contributed by atoms with Crippen molar-refractivity contribution in [2.24, 2.45) is 10.7 Å². The van der Waals surface area contributed by atoms with E-state index >= 15 is 0 Å². The third kappa shape index (κ3) is 6.88. The molecule has 0 radical (unpaired) electrons. The molecule has 140 valence electrons. The number of hydrogen-bond donors (Lipinski definition) is 2. The maximum absolute atomic E-state index is 12.8. The Balaban J connectivity index is 1.84. The Hall–Kier alpha value is -2.97. The standard InChI is InChI=1S/C17H17F4N3O2/c1-11(25-14-6-2-12(18)3-7-14)10-23-16(22)24-13-4-8-15(9-5-13)26-17(19,20)21/h2-9,11H,10H2,1H3,(H3,22,23,24). The van der Waals surface area contributed by atoms with E-state index in [-0.39, 0.29) is 30.2 Å². The van der Waals surface area contributed by atoms with Crippen LogP contribution < -0.4 is 20.5 Å². The van der Waals surface area contributed by atoms with E-state index in [9.17, 15) is 17.6 Å². The number of alkyl halides is 3. The summed E-state index contributed by atoms with van der Waals surface area (Å²) in [5.41, 5.74) is 6.18. The molecule has 0 aliphatic rings. The number of anilines is 1. The number of nitrogens with two attached hydrogens (primary N) is 1. The molecule has 0 spiro atoms. The molecule has 0 heterocycles. The number of nitrogens with one attached hydrogen (secondary N) is 1. The molecule has 3 N–H and O–H groups in total. The van der Waals surface area contributed by atoms with Crippen molar-refractivity contribution in [2.75, 3.05) is 11.9 Å². The molecule has 2 aromatic carbocycles. The molecule has 0 saturated heterocycles. The summed E-state index contributed by atoms with van der Waals surface area (Å²) in [6.07, 6.45) is -5.06. The lowest BCUT2D eigenvalue weighted by molar-refractivity contribution is -0.274. The van der Waals surface area contributed by atoms with Gasteiger partial charge in [-0.25, -0.2) is 9.38 Å². The molecule has 0 aliphatic heterocycles. The van der Waals surface area contributed by atoms with Crippen LogP contribution in [0.1, 0.15) is 6.92 Å². The van der Waals surface area contributed by atoms with Gasteiger partial charge in [0.2, 0.25) is 0 Å². The summed E-state index contributed by atoms with van der Waals surface area (Å²) in [6.45, 7) is 1.99. The molecule has 2 rings (SSSR count). The number of halogens is 4. The van der Waals surface area contributed by atoms with Crippen molar-refractivity contribution >= 4 is 11.6 Å². The molecule has 1 unspecified atom stereocenters. The van der Waals surface area contributed by atoms with Crippen molar-refractivity contribution in [1.29, 1.82) is 0 Å². The summed E-state index contributed by atoms with van der Waals surface area (Å²) in [5, 5.41) is 2.74. The van der Waals surface area contributed by atoms with Crippen molar-refractivity contribution in [1.82, 2.24) is 0 Å². The lowest BCUT2D eigenvalue weighted by atomic mass is 10.3. The fourth-order valence-electron chi connectivity index (χ4n) is 1.94. The van der Waals surface area contributed by atoms with E-state index in [0.29, 0.717) is 11.4 Å². The normalized spacial score (nSPS) is 13.2. The molecule has 0 aliphatic carbocycles. The van der Waals surface area contributed by atoms with Gasteiger partial charge in [-0.2, -0.15) is 0 Å². The van der Waals surface area contributed by atoms with Gasteiger partial charge in [-0.1, -0.05) is 0 Å². The minimum Gasteiger partial charge on any atom is -0.489 e. The van der Waals surface area contributed by atoms with Gasteiger partial charge in [-0.15, -0.1) is 13.2 Å². The van der Waals surface area contributed by atoms with Crippen LogP contribution in [0.5, 0.6) is 11.5 Å². The van der Waals surface area contributed by atoms with Gasteiger partial charge in [0.15, 0.2) is 5.96 Å². The number of nitrogens with zero attached hydrogens (tertiary/aromatic N) is 1. The van der Waals surface area contributed by atoms with Gasteiger partial charge in [-0.05, 0) is 55.5 Å². The fourth-order valence-corrected chi connectivity index (χ4v) is 1.94. The first kappa shape index (κ1) is 19.4. The first-order chi connectivity index (χ1) is 12.2. The molecule has 9 heteroatoms. The minimum atomic E-state index is -4.74. The largest absolute Gasteiger partial charge is 0.573 e. The Morgan fingerprint density at radius 3 is 2.23 bits per heavy atom. The van der Waals surface area contributed by atoms with Gasteiger partial charge >= 0.3 is 6.36 Å². The van der Waals surface area contributed by atoms with Crippen molar-refractivity contribution < 1.29 is 27.0 Å². The first-order valence-corrected chi connectivity index (χ1v) is 7.56. The predicted octanol–water partition coefficient (Wildman–Crippen LogP) is 3.92.